The zero-order valence-corrected chi connectivity index (χ0v) is 14.8. The smallest absolute Gasteiger partial charge is 0.282 e. The number of anilines is 1. The number of hydrogen-bond donors (Lipinski definition) is 1. The lowest BCUT2D eigenvalue weighted by molar-refractivity contribution is 0.253. The van der Waals surface area contributed by atoms with Gasteiger partial charge in [-0.1, -0.05) is 24.3 Å². The fraction of sp³-hybridized carbons (Fsp3) is 0.412. The van der Waals surface area contributed by atoms with Crippen molar-refractivity contribution in [3.8, 4) is 0 Å². The fourth-order valence-electron chi connectivity index (χ4n) is 2.90. The molecule has 0 amide bonds. The molecule has 0 bridgehead atoms. The summed E-state index contributed by atoms with van der Waals surface area (Å²) in [4.78, 5) is 14.3. The average Bonchev–Trinajstić information content (AvgIpc) is 2.58. The number of rotatable bonds is 5. The molecule has 0 saturated heterocycles. The second-order valence-electron chi connectivity index (χ2n) is 5.88. The first kappa shape index (κ1) is 16.2. The molecule has 1 aliphatic heterocycles. The van der Waals surface area contributed by atoms with Crippen molar-refractivity contribution in [2.24, 2.45) is 7.05 Å². The Morgan fingerprint density at radius 1 is 1.30 bits per heavy atom. The van der Waals surface area contributed by atoms with Gasteiger partial charge >= 0.3 is 0 Å². The molecule has 0 spiro atoms. The Labute approximate surface area is 144 Å². The lowest BCUT2D eigenvalue weighted by Gasteiger charge is -2.28. The van der Waals surface area contributed by atoms with Crippen molar-refractivity contribution in [3.05, 3.63) is 56.4 Å². The SMILES string of the molecule is Cn1ncc(NCCCN2CCc3ccccc3C2)c(Br)c1=O. The van der Waals surface area contributed by atoms with Gasteiger partial charge in [-0.25, -0.2) is 4.68 Å². The van der Waals surface area contributed by atoms with E-state index in [0.29, 0.717) is 4.47 Å². The van der Waals surface area contributed by atoms with E-state index in [9.17, 15) is 4.79 Å². The zero-order chi connectivity index (χ0) is 16.2. The number of aromatic nitrogens is 2. The van der Waals surface area contributed by atoms with Gasteiger partial charge in [-0.2, -0.15) is 5.10 Å². The highest BCUT2D eigenvalue weighted by Gasteiger charge is 2.15. The molecule has 2 heterocycles. The standard InChI is InChI=1S/C17H21BrN4O/c1-21-17(23)16(18)15(11-20-21)19-8-4-9-22-10-7-13-5-2-3-6-14(13)12-22/h2-3,5-6,11,19H,4,7-10,12H2,1H3. The number of nitrogens with zero attached hydrogens (tertiary/aromatic N) is 3. The van der Waals surface area contributed by atoms with Gasteiger partial charge in [0.05, 0.1) is 11.9 Å². The second kappa shape index (κ2) is 7.27. The maximum atomic E-state index is 11.8. The molecule has 0 radical (unpaired) electrons. The van der Waals surface area contributed by atoms with Crippen LogP contribution in [0.1, 0.15) is 17.5 Å². The van der Waals surface area contributed by atoms with Gasteiger partial charge in [-0.3, -0.25) is 9.69 Å². The number of nitrogens with one attached hydrogen (secondary N) is 1. The van der Waals surface area contributed by atoms with E-state index in [0.717, 1.165) is 44.7 Å². The molecule has 0 unspecified atom stereocenters. The highest BCUT2D eigenvalue weighted by molar-refractivity contribution is 9.10. The van der Waals surface area contributed by atoms with E-state index in [2.05, 4.69) is 55.5 Å². The van der Waals surface area contributed by atoms with Gasteiger partial charge < -0.3 is 5.32 Å². The molecule has 1 aliphatic rings. The molecule has 0 saturated carbocycles. The summed E-state index contributed by atoms with van der Waals surface area (Å²) < 4.78 is 1.86. The van der Waals surface area contributed by atoms with Crippen molar-refractivity contribution < 1.29 is 0 Å². The highest BCUT2D eigenvalue weighted by atomic mass is 79.9. The molecule has 1 aromatic carbocycles. The number of fused-ring (bicyclic) bond motifs is 1. The van der Waals surface area contributed by atoms with Crippen LogP contribution in [-0.4, -0.2) is 34.3 Å². The second-order valence-corrected chi connectivity index (χ2v) is 6.67. The third kappa shape index (κ3) is 3.82. The maximum Gasteiger partial charge on any atom is 0.282 e. The van der Waals surface area contributed by atoms with Gasteiger partial charge in [0.1, 0.15) is 4.47 Å². The summed E-state index contributed by atoms with van der Waals surface area (Å²) >= 11 is 3.33. The van der Waals surface area contributed by atoms with Crippen molar-refractivity contribution in [1.29, 1.82) is 0 Å². The van der Waals surface area contributed by atoms with Crippen LogP contribution in [0.4, 0.5) is 5.69 Å². The van der Waals surface area contributed by atoms with E-state index in [1.165, 1.54) is 15.8 Å². The van der Waals surface area contributed by atoms with Crippen molar-refractivity contribution in [2.75, 3.05) is 25.0 Å². The van der Waals surface area contributed by atoms with Crippen LogP contribution in [0.15, 0.2) is 39.7 Å². The largest absolute Gasteiger partial charge is 0.383 e. The molecule has 23 heavy (non-hydrogen) atoms. The van der Waals surface area contributed by atoms with Crippen LogP contribution in [0.3, 0.4) is 0 Å². The van der Waals surface area contributed by atoms with Gasteiger partial charge in [0.25, 0.3) is 5.56 Å². The molecule has 6 heteroatoms. The Hall–Kier alpha value is -1.66. The number of halogens is 1. The first-order chi connectivity index (χ1) is 11.1. The van der Waals surface area contributed by atoms with Gasteiger partial charge in [-0.05, 0) is 39.9 Å². The van der Waals surface area contributed by atoms with Crippen molar-refractivity contribution >= 4 is 21.6 Å². The molecule has 3 rings (SSSR count). The molecule has 0 aliphatic carbocycles. The maximum absolute atomic E-state index is 11.8. The van der Waals surface area contributed by atoms with Crippen LogP contribution in [0.5, 0.6) is 0 Å². The van der Waals surface area contributed by atoms with E-state index < -0.39 is 0 Å². The Kier molecular flexibility index (Phi) is 5.13. The summed E-state index contributed by atoms with van der Waals surface area (Å²) in [6, 6.07) is 8.69. The molecule has 0 atom stereocenters. The summed E-state index contributed by atoms with van der Waals surface area (Å²) in [5, 5.41) is 7.32. The van der Waals surface area contributed by atoms with Crippen molar-refractivity contribution in [1.82, 2.24) is 14.7 Å². The van der Waals surface area contributed by atoms with Crippen LogP contribution in [0.2, 0.25) is 0 Å². The third-order valence-corrected chi connectivity index (χ3v) is 5.02. The quantitative estimate of drug-likeness (QED) is 0.814. The summed E-state index contributed by atoms with van der Waals surface area (Å²) in [7, 11) is 1.64. The Morgan fingerprint density at radius 3 is 2.91 bits per heavy atom. The lowest BCUT2D eigenvalue weighted by Crippen LogP contribution is -2.32. The summed E-state index contributed by atoms with van der Waals surface area (Å²) in [5.74, 6) is 0. The molecule has 5 nitrogen and oxygen atoms in total. The third-order valence-electron chi connectivity index (χ3n) is 4.25. The molecular formula is C17H21BrN4O. The molecule has 122 valence electrons. The Balaban J connectivity index is 1.48. The van der Waals surface area contributed by atoms with E-state index in [4.69, 9.17) is 0 Å². The van der Waals surface area contributed by atoms with Gasteiger partial charge in [0.15, 0.2) is 0 Å². The molecule has 1 aromatic heterocycles. The number of hydrogen-bond acceptors (Lipinski definition) is 4. The topological polar surface area (TPSA) is 50.2 Å². The Morgan fingerprint density at radius 2 is 2.09 bits per heavy atom. The Bertz CT molecular complexity index is 744. The normalized spacial score (nSPS) is 14.5. The van der Waals surface area contributed by atoms with Crippen LogP contribution in [0.25, 0.3) is 0 Å². The van der Waals surface area contributed by atoms with Gasteiger partial charge in [0, 0.05) is 33.2 Å². The predicted octanol–water partition coefficient (Wildman–Crippen LogP) is 2.40. The monoisotopic (exact) mass is 376 g/mol. The van der Waals surface area contributed by atoms with Crippen LogP contribution in [-0.2, 0) is 20.0 Å². The number of benzene rings is 1. The van der Waals surface area contributed by atoms with Crippen LogP contribution < -0.4 is 10.9 Å². The minimum Gasteiger partial charge on any atom is -0.383 e. The lowest BCUT2D eigenvalue weighted by atomic mass is 10.00. The fourth-order valence-corrected chi connectivity index (χ4v) is 3.40. The van der Waals surface area contributed by atoms with Crippen molar-refractivity contribution in [2.45, 2.75) is 19.4 Å². The van der Waals surface area contributed by atoms with Crippen LogP contribution >= 0.6 is 15.9 Å². The van der Waals surface area contributed by atoms with E-state index in [-0.39, 0.29) is 5.56 Å². The van der Waals surface area contributed by atoms with E-state index in [1.54, 1.807) is 13.2 Å². The minimum absolute atomic E-state index is 0.123. The summed E-state index contributed by atoms with van der Waals surface area (Å²) in [6.45, 7) is 4.03. The summed E-state index contributed by atoms with van der Waals surface area (Å²) in [6.07, 6.45) is 3.85. The van der Waals surface area contributed by atoms with Crippen LogP contribution in [0, 0.1) is 0 Å². The van der Waals surface area contributed by atoms with Crippen molar-refractivity contribution in [3.63, 3.8) is 0 Å². The average molecular weight is 377 g/mol. The molecule has 1 N–H and O–H groups in total. The summed E-state index contributed by atoms with van der Waals surface area (Å²) in [5.41, 5.74) is 3.57. The molecule has 0 fully saturated rings. The van der Waals surface area contributed by atoms with Gasteiger partial charge in [-0.15, -0.1) is 0 Å². The first-order valence-corrected chi connectivity index (χ1v) is 8.69. The first-order valence-electron chi connectivity index (χ1n) is 7.90. The number of aryl methyl sites for hydroxylation is 1. The van der Waals surface area contributed by atoms with E-state index in [1.807, 2.05) is 0 Å². The molecule has 2 aromatic rings. The highest BCUT2D eigenvalue weighted by Crippen LogP contribution is 2.19. The predicted molar refractivity (Wildman–Crippen MR) is 95.7 cm³/mol. The minimum atomic E-state index is -0.123. The zero-order valence-electron chi connectivity index (χ0n) is 13.3. The van der Waals surface area contributed by atoms with E-state index >= 15 is 0 Å². The molecular weight excluding hydrogens is 356 g/mol. The van der Waals surface area contributed by atoms with Gasteiger partial charge in [0.2, 0.25) is 0 Å².